The van der Waals surface area contributed by atoms with Crippen molar-refractivity contribution in [3.8, 4) is 11.5 Å². The van der Waals surface area contributed by atoms with Gasteiger partial charge >= 0.3 is 0 Å². The molecule has 0 aliphatic heterocycles. The fourth-order valence-electron chi connectivity index (χ4n) is 1.86. The van der Waals surface area contributed by atoms with E-state index >= 15 is 0 Å². The van der Waals surface area contributed by atoms with E-state index < -0.39 is 0 Å². The van der Waals surface area contributed by atoms with Gasteiger partial charge in [0.25, 0.3) is 0 Å². The topological polar surface area (TPSA) is 64.7 Å². The number of aromatic nitrogens is 1. The summed E-state index contributed by atoms with van der Waals surface area (Å²) in [6.45, 7) is 4.00. The summed E-state index contributed by atoms with van der Waals surface area (Å²) in [4.78, 5) is 0. The smallest absolute Gasteiger partial charge is 0.175 e. The van der Waals surface area contributed by atoms with Crippen molar-refractivity contribution in [2.45, 2.75) is 27.1 Å². The van der Waals surface area contributed by atoms with Crippen molar-refractivity contribution in [3.05, 3.63) is 39.2 Å². The zero-order chi connectivity index (χ0) is 14.7. The molecule has 2 aromatic rings. The maximum atomic E-state index is 9.19. The maximum Gasteiger partial charge on any atom is 0.175 e. The number of nitrogens with zero attached hydrogens (tertiary/aromatic N) is 1. The van der Waals surface area contributed by atoms with Crippen LogP contribution in [0.5, 0.6) is 11.5 Å². The fourth-order valence-corrected chi connectivity index (χ4v) is 2.46. The number of aryl methyl sites for hydroxylation is 2. The second kappa shape index (κ2) is 6.28. The highest BCUT2D eigenvalue weighted by molar-refractivity contribution is 9.10. The van der Waals surface area contributed by atoms with E-state index in [1.54, 1.807) is 19.2 Å². The number of hydrogen-bond acceptors (Lipinski definition) is 5. The Kier molecular flexibility index (Phi) is 4.67. The third kappa shape index (κ3) is 2.96. The lowest BCUT2D eigenvalue weighted by Gasteiger charge is -2.13. The Hall–Kier alpha value is -1.53. The Morgan fingerprint density at radius 3 is 2.65 bits per heavy atom. The minimum atomic E-state index is -0.0564. The first kappa shape index (κ1) is 14.9. The van der Waals surface area contributed by atoms with E-state index in [0.717, 1.165) is 27.1 Å². The van der Waals surface area contributed by atoms with Crippen LogP contribution in [0.15, 0.2) is 21.1 Å². The van der Waals surface area contributed by atoms with Crippen LogP contribution in [0.2, 0.25) is 0 Å². The quantitative estimate of drug-likeness (QED) is 0.904. The van der Waals surface area contributed by atoms with Crippen LogP contribution >= 0.6 is 15.9 Å². The van der Waals surface area contributed by atoms with Gasteiger partial charge in [-0.05, 0) is 47.5 Å². The van der Waals surface area contributed by atoms with E-state index in [9.17, 15) is 5.11 Å². The van der Waals surface area contributed by atoms with Crippen molar-refractivity contribution >= 4 is 15.9 Å². The second-order valence-electron chi connectivity index (χ2n) is 4.36. The normalized spacial score (nSPS) is 10.7. The van der Waals surface area contributed by atoms with Crippen molar-refractivity contribution in [2.75, 3.05) is 7.11 Å². The number of rotatable bonds is 5. The van der Waals surface area contributed by atoms with Crippen LogP contribution in [-0.2, 0) is 13.2 Å². The molecule has 0 aliphatic rings. The van der Waals surface area contributed by atoms with E-state index in [0.29, 0.717) is 18.1 Å². The Labute approximate surface area is 125 Å². The van der Waals surface area contributed by atoms with Gasteiger partial charge < -0.3 is 19.1 Å². The molecule has 0 radical (unpaired) electrons. The summed E-state index contributed by atoms with van der Waals surface area (Å²) in [5, 5.41) is 13.1. The fraction of sp³-hybridized carbons (Fsp3) is 0.357. The van der Waals surface area contributed by atoms with Crippen LogP contribution in [0.3, 0.4) is 0 Å². The van der Waals surface area contributed by atoms with Crippen molar-refractivity contribution in [3.63, 3.8) is 0 Å². The monoisotopic (exact) mass is 341 g/mol. The first-order valence-corrected chi connectivity index (χ1v) is 6.88. The van der Waals surface area contributed by atoms with Crippen molar-refractivity contribution in [2.24, 2.45) is 0 Å². The molecule has 1 aromatic carbocycles. The Bertz CT molecular complexity index is 590. The lowest BCUT2D eigenvalue weighted by Crippen LogP contribution is -2.01. The van der Waals surface area contributed by atoms with E-state index in [-0.39, 0.29) is 6.61 Å². The Balaban J connectivity index is 2.25. The third-order valence-corrected chi connectivity index (χ3v) is 3.60. The molecule has 6 heteroatoms. The summed E-state index contributed by atoms with van der Waals surface area (Å²) in [7, 11) is 1.56. The van der Waals surface area contributed by atoms with Crippen LogP contribution in [-0.4, -0.2) is 17.4 Å². The van der Waals surface area contributed by atoms with E-state index in [1.807, 2.05) is 13.8 Å². The van der Waals surface area contributed by atoms with Gasteiger partial charge in [0.15, 0.2) is 11.5 Å². The summed E-state index contributed by atoms with van der Waals surface area (Å²) in [5.74, 6) is 1.89. The molecule has 5 nitrogen and oxygen atoms in total. The second-order valence-corrected chi connectivity index (χ2v) is 5.21. The van der Waals surface area contributed by atoms with Gasteiger partial charge in [-0.3, -0.25) is 0 Å². The van der Waals surface area contributed by atoms with Gasteiger partial charge in [-0.25, -0.2) is 0 Å². The standard InChI is InChI=1S/C14H16BrNO4/c1-8-11(9(2)20-16-8)7-19-14-12(15)4-10(6-17)5-13(14)18-3/h4-5,17H,6-7H2,1-3H3. The third-order valence-electron chi connectivity index (χ3n) is 3.01. The molecule has 0 saturated heterocycles. The molecule has 20 heavy (non-hydrogen) atoms. The molecule has 0 spiro atoms. The average Bonchev–Trinajstić information content (AvgIpc) is 2.76. The number of ether oxygens (including phenoxy) is 2. The molecule has 0 amide bonds. The lowest BCUT2D eigenvalue weighted by molar-refractivity contribution is 0.271. The number of benzene rings is 1. The Morgan fingerprint density at radius 2 is 2.10 bits per heavy atom. The molecule has 2 rings (SSSR count). The minimum Gasteiger partial charge on any atom is -0.493 e. The Morgan fingerprint density at radius 1 is 1.35 bits per heavy atom. The van der Waals surface area contributed by atoms with Crippen LogP contribution in [0, 0.1) is 13.8 Å². The van der Waals surface area contributed by atoms with Crippen LogP contribution < -0.4 is 9.47 Å². The maximum absolute atomic E-state index is 9.19. The molecule has 0 aliphatic carbocycles. The predicted octanol–water partition coefficient (Wildman–Crippen LogP) is 3.13. The summed E-state index contributed by atoms with van der Waals surface area (Å²) in [5.41, 5.74) is 2.48. The van der Waals surface area contributed by atoms with Gasteiger partial charge in [-0.1, -0.05) is 5.16 Å². The van der Waals surface area contributed by atoms with Crippen molar-refractivity contribution < 1.29 is 19.1 Å². The number of aliphatic hydroxyl groups is 1. The number of methoxy groups -OCH3 is 1. The van der Waals surface area contributed by atoms with E-state index in [2.05, 4.69) is 21.1 Å². The number of aliphatic hydroxyl groups excluding tert-OH is 1. The van der Waals surface area contributed by atoms with Crippen LogP contribution in [0.25, 0.3) is 0 Å². The molecule has 0 fully saturated rings. The number of hydrogen-bond donors (Lipinski definition) is 1. The highest BCUT2D eigenvalue weighted by atomic mass is 79.9. The zero-order valence-corrected chi connectivity index (χ0v) is 13.2. The molecule has 0 bridgehead atoms. The van der Waals surface area contributed by atoms with Gasteiger partial charge in [0.2, 0.25) is 0 Å². The zero-order valence-electron chi connectivity index (χ0n) is 11.6. The molecule has 0 unspecified atom stereocenters. The van der Waals surface area contributed by atoms with Gasteiger partial charge in [0.1, 0.15) is 12.4 Å². The van der Waals surface area contributed by atoms with Gasteiger partial charge in [0, 0.05) is 0 Å². The summed E-state index contributed by atoms with van der Waals surface area (Å²) < 4.78 is 16.9. The van der Waals surface area contributed by atoms with E-state index in [4.69, 9.17) is 14.0 Å². The first-order valence-electron chi connectivity index (χ1n) is 6.08. The number of halogens is 1. The average molecular weight is 342 g/mol. The van der Waals surface area contributed by atoms with Gasteiger partial charge in [-0.15, -0.1) is 0 Å². The molecule has 1 aromatic heterocycles. The van der Waals surface area contributed by atoms with Crippen LogP contribution in [0.1, 0.15) is 22.6 Å². The molecular weight excluding hydrogens is 326 g/mol. The SMILES string of the molecule is COc1cc(CO)cc(Br)c1OCc1c(C)noc1C. The summed E-state index contributed by atoms with van der Waals surface area (Å²) in [6.07, 6.45) is 0. The predicted molar refractivity (Wildman–Crippen MR) is 76.9 cm³/mol. The van der Waals surface area contributed by atoms with Crippen molar-refractivity contribution in [1.82, 2.24) is 5.16 Å². The highest BCUT2D eigenvalue weighted by Crippen LogP contribution is 2.37. The largest absolute Gasteiger partial charge is 0.493 e. The van der Waals surface area contributed by atoms with E-state index in [1.165, 1.54) is 0 Å². The molecule has 108 valence electrons. The molecule has 0 saturated carbocycles. The highest BCUT2D eigenvalue weighted by Gasteiger charge is 2.15. The minimum absolute atomic E-state index is 0.0564. The summed E-state index contributed by atoms with van der Waals surface area (Å²) in [6, 6.07) is 3.54. The summed E-state index contributed by atoms with van der Waals surface area (Å²) >= 11 is 3.43. The van der Waals surface area contributed by atoms with Crippen molar-refractivity contribution in [1.29, 1.82) is 0 Å². The molecular formula is C14H16BrNO4. The molecule has 1 N–H and O–H groups in total. The molecule has 1 heterocycles. The molecule has 0 atom stereocenters. The first-order chi connectivity index (χ1) is 9.56. The van der Waals surface area contributed by atoms with Gasteiger partial charge in [-0.2, -0.15) is 0 Å². The lowest BCUT2D eigenvalue weighted by atomic mass is 10.2. The van der Waals surface area contributed by atoms with Gasteiger partial charge in [0.05, 0.1) is 29.4 Å². The van der Waals surface area contributed by atoms with Crippen LogP contribution in [0.4, 0.5) is 0 Å².